The summed E-state index contributed by atoms with van der Waals surface area (Å²) >= 11 is 17.7. The van der Waals surface area contributed by atoms with Crippen molar-refractivity contribution in [1.29, 1.82) is 0 Å². The van der Waals surface area contributed by atoms with Crippen LogP contribution in [0.4, 0.5) is 0 Å². The van der Waals surface area contributed by atoms with Gasteiger partial charge >= 0.3 is 0 Å². The molecule has 0 aliphatic heterocycles. The van der Waals surface area contributed by atoms with Crippen LogP contribution < -0.4 is 10.1 Å². The molecule has 1 rings (SSSR count). The van der Waals surface area contributed by atoms with Crippen molar-refractivity contribution >= 4 is 34.8 Å². The normalized spacial score (nSPS) is 10.2. The predicted octanol–water partition coefficient (Wildman–Crippen LogP) is 3.84. The Morgan fingerprint density at radius 3 is 2.62 bits per heavy atom. The summed E-state index contributed by atoms with van der Waals surface area (Å²) in [6.07, 6.45) is 0. The van der Waals surface area contributed by atoms with Crippen LogP contribution in [-0.4, -0.2) is 13.7 Å². The summed E-state index contributed by atoms with van der Waals surface area (Å²) in [6, 6.07) is 3.46. The van der Waals surface area contributed by atoms with Gasteiger partial charge in [0.25, 0.3) is 0 Å². The Balaban J connectivity index is 2.73. The second-order valence-corrected chi connectivity index (χ2v) is 4.55. The molecular formula is C11H12Cl3NO. The standard InChI is InChI=1S/C11H12Cl3NO/c1-7(12)5-15-6-8-3-10(14)11(16-2)4-9(8)13/h3-4,15H,1,5-6H2,2H3. The molecule has 1 aromatic carbocycles. The monoisotopic (exact) mass is 279 g/mol. The zero-order chi connectivity index (χ0) is 12.1. The van der Waals surface area contributed by atoms with E-state index in [-0.39, 0.29) is 0 Å². The van der Waals surface area contributed by atoms with Crippen LogP contribution in [0.2, 0.25) is 10.0 Å². The molecule has 0 aromatic heterocycles. The maximum Gasteiger partial charge on any atom is 0.138 e. The molecule has 0 fully saturated rings. The lowest BCUT2D eigenvalue weighted by atomic mass is 10.2. The fraction of sp³-hybridized carbons (Fsp3) is 0.273. The van der Waals surface area contributed by atoms with Gasteiger partial charge in [-0.2, -0.15) is 0 Å². The van der Waals surface area contributed by atoms with Crippen molar-refractivity contribution in [2.45, 2.75) is 6.54 Å². The number of hydrogen-bond donors (Lipinski definition) is 1. The van der Waals surface area contributed by atoms with E-state index < -0.39 is 0 Å². The average Bonchev–Trinajstić information content (AvgIpc) is 2.22. The minimum absolute atomic E-state index is 0.529. The molecule has 0 heterocycles. The van der Waals surface area contributed by atoms with Crippen molar-refractivity contribution in [2.24, 2.45) is 0 Å². The van der Waals surface area contributed by atoms with Gasteiger partial charge in [0.15, 0.2) is 0 Å². The first kappa shape index (κ1) is 13.7. The number of nitrogens with one attached hydrogen (secondary N) is 1. The molecule has 16 heavy (non-hydrogen) atoms. The van der Waals surface area contributed by atoms with Crippen LogP contribution in [0.25, 0.3) is 0 Å². The molecule has 0 aliphatic carbocycles. The van der Waals surface area contributed by atoms with Gasteiger partial charge in [0.1, 0.15) is 5.75 Å². The van der Waals surface area contributed by atoms with Crippen molar-refractivity contribution in [1.82, 2.24) is 5.32 Å². The van der Waals surface area contributed by atoms with Gasteiger partial charge in [-0.3, -0.25) is 0 Å². The summed E-state index contributed by atoms with van der Waals surface area (Å²) in [6.45, 7) is 4.68. The maximum absolute atomic E-state index is 6.06. The highest BCUT2D eigenvalue weighted by Crippen LogP contribution is 2.30. The molecule has 0 amide bonds. The van der Waals surface area contributed by atoms with Crippen molar-refractivity contribution < 1.29 is 4.74 Å². The summed E-state index contributed by atoms with van der Waals surface area (Å²) in [4.78, 5) is 0. The zero-order valence-corrected chi connectivity index (χ0v) is 11.1. The van der Waals surface area contributed by atoms with Gasteiger partial charge in [-0.15, -0.1) is 0 Å². The molecule has 0 spiro atoms. The van der Waals surface area contributed by atoms with Crippen LogP contribution in [0.3, 0.4) is 0 Å². The highest BCUT2D eigenvalue weighted by atomic mass is 35.5. The molecule has 0 saturated carbocycles. The largest absolute Gasteiger partial charge is 0.495 e. The number of benzene rings is 1. The summed E-state index contributed by atoms with van der Waals surface area (Å²) < 4.78 is 5.05. The fourth-order valence-corrected chi connectivity index (χ4v) is 1.77. The molecule has 0 aliphatic rings. The van der Waals surface area contributed by atoms with E-state index in [0.29, 0.717) is 33.9 Å². The Morgan fingerprint density at radius 1 is 1.38 bits per heavy atom. The van der Waals surface area contributed by atoms with Crippen LogP contribution in [-0.2, 0) is 6.54 Å². The van der Waals surface area contributed by atoms with E-state index in [9.17, 15) is 0 Å². The Kier molecular flexibility index (Phi) is 5.42. The Hall–Kier alpha value is -0.410. The second-order valence-electron chi connectivity index (χ2n) is 3.20. The van der Waals surface area contributed by atoms with Crippen LogP contribution in [0.15, 0.2) is 23.7 Å². The Bertz CT molecular complexity index is 393. The second kappa shape index (κ2) is 6.36. The molecule has 1 aromatic rings. The molecule has 0 atom stereocenters. The van der Waals surface area contributed by atoms with E-state index >= 15 is 0 Å². The van der Waals surface area contributed by atoms with E-state index in [1.165, 1.54) is 0 Å². The van der Waals surface area contributed by atoms with Gasteiger partial charge in [-0.25, -0.2) is 0 Å². The third-order valence-electron chi connectivity index (χ3n) is 1.95. The number of methoxy groups -OCH3 is 1. The first-order chi connectivity index (χ1) is 7.54. The number of ether oxygens (including phenoxy) is 1. The molecule has 2 nitrogen and oxygen atoms in total. The molecule has 0 radical (unpaired) electrons. The molecular weight excluding hydrogens is 268 g/mol. The van der Waals surface area contributed by atoms with E-state index in [1.54, 1.807) is 19.2 Å². The van der Waals surface area contributed by atoms with E-state index in [0.717, 1.165) is 5.56 Å². The van der Waals surface area contributed by atoms with Gasteiger partial charge in [-0.05, 0) is 11.6 Å². The minimum atomic E-state index is 0.529. The first-order valence-electron chi connectivity index (χ1n) is 4.60. The van der Waals surface area contributed by atoms with Gasteiger partial charge in [0.2, 0.25) is 0 Å². The van der Waals surface area contributed by atoms with Crippen molar-refractivity contribution in [3.63, 3.8) is 0 Å². The molecule has 0 bridgehead atoms. The molecule has 1 N–H and O–H groups in total. The third-order valence-corrected chi connectivity index (χ3v) is 2.73. The van der Waals surface area contributed by atoms with E-state index in [1.807, 2.05) is 0 Å². The molecule has 0 unspecified atom stereocenters. The zero-order valence-electron chi connectivity index (χ0n) is 8.82. The summed E-state index contributed by atoms with van der Waals surface area (Å²) in [5, 5.41) is 4.78. The first-order valence-corrected chi connectivity index (χ1v) is 5.74. The lowest BCUT2D eigenvalue weighted by molar-refractivity contribution is 0.415. The number of hydrogen-bond acceptors (Lipinski definition) is 2. The predicted molar refractivity (Wildman–Crippen MR) is 69.7 cm³/mol. The van der Waals surface area contributed by atoms with Crippen molar-refractivity contribution in [3.05, 3.63) is 39.4 Å². The SMILES string of the molecule is C=C(Cl)CNCc1cc(Cl)c(OC)cc1Cl. The lowest BCUT2D eigenvalue weighted by Gasteiger charge is -2.09. The summed E-state index contributed by atoms with van der Waals surface area (Å²) in [7, 11) is 1.55. The van der Waals surface area contributed by atoms with Crippen molar-refractivity contribution in [3.8, 4) is 5.75 Å². The van der Waals surface area contributed by atoms with Gasteiger partial charge in [0.05, 0.1) is 12.1 Å². The smallest absolute Gasteiger partial charge is 0.138 e. The Morgan fingerprint density at radius 2 is 2.06 bits per heavy atom. The fourth-order valence-electron chi connectivity index (χ4n) is 1.19. The number of halogens is 3. The third kappa shape index (κ3) is 3.87. The topological polar surface area (TPSA) is 21.3 Å². The van der Waals surface area contributed by atoms with Crippen LogP contribution >= 0.6 is 34.8 Å². The average molecular weight is 281 g/mol. The van der Waals surface area contributed by atoms with E-state index in [4.69, 9.17) is 39.5 Å². The summed E-state index contributed by atoms with van der Waals surface area (Å²) in [5.74, 6) is 0.567. The highest BCUT2D eigenvalue weighted by Gasteiger charge is 2.07. The van der Waals surface area contributed by atoms with Gasteiger partial charge < -0.3 is 10.1 Å². The maximum atomic E-state index is 6.06. The lowest BCUT2D eigenvalue weighted by Crippen LogP contribution is -2.14. The van der Waals surface area contributed by atoms with Crippen LogP contribution in [0, 0.1) is 0 Å². The number of rotatable bonds is 5. The minimum Gasteiger partial charge on any atom is -0.495 e. The van der Waals surface area contributed by atoms with Gasteiger partial charge in [-0.1, -0.05) is 41.4 Å². The molecule has 5 heteroatoms. The van der Waals surface area contributed by atoms with Crippen LogP contribution in [0.1, 0.15) is 5.56 Å². The van der Waals surface area contributed by atoms with Gasteiger partial charge in [0, 0.05) is 29.2 Å². The Labute approximate surface area is 110 Å². The highest BCUT2D eigenvalue weighted by molar-refractivity contribution is 6.34. The molecule has 88 valence electrons. The van der Waals surface area contributed by atoms with Crippen molar-refractivity contribution in [2.75, 3.05) is 13.7 Å². The summed E-state index contributed by atoms with van der Waals surface area (Å²) in [5.41, 5.74) is 0.894. The quantitative estimate of drug-likeness (QED) is 0.885. The molecule has 0 saturated heterocycles. The van der Waals surface area contributed by atoms with E-state index in [2.05, 4.69) is 11.9 Å². The van der Waals surface area contributed by atoms with Crippen LogP contribution in [0.5, 0.6) is 5.75 Å².